The monoisotopic (exact) mass is 212 g/mol. The highest BCUT2D eigenvalue weighted by atomic mass is 32.2. The van der Waals surface area contributed by atoms with Crippen LogP contribution in [-0.2, 0) is 9.59 Å². The van der Waals surface area contributed by atoms with Crippen LogP contribution >= 0.6 is 11.8 Å². The molecule has 1 amide bonds. The fourth-order valence-corrected chi connectivity index (χ4v) is 1.54. The van der Waals surface area contributed by atoms with Crippen LogP contribution in [0.4, 0.5) is 5.95 Å². The summed E-state index contributed by atoms with van der Waals surface area (Å²) < 4.78 is 0. The Morgan fingerprint density at radius 2 is 2.29 bits per heavy atom. The molecule has 0 saturated carbocycles. The van der Waals surface area contributed by atoms with E-state index in [1.165, 1.54) is 16.7 Å². The number of aromatic amines is 1. The van der Waals surface area contributed by atoms with Crippen LogP contribution in [0.15, 0.2) is 5.16 Å². The first kappa shape index (κ1) is 9.20. The molecule has 0 aliphatic carbocycles. The molecule has 1 aliphatic heterocycles. The first-order valence-electron chi connectivity index (χ1n) is 3.99. The second-order valence-electron chi connectivity index (χ2n) is 2.84. The maximum atomic E-state index is 11.3. The van der Waals surface area contributed by atoms with Gasteiger partial charge in [0.1, 0.15) is 0 Å². The van der Waals surface area contributed by atoms with Gasteiger partial charge in [0.25, 0.3) is 0 Å². The number of carbonyl (C=O) groups excluding carboxylic acids is 2. The quantitative estimate of drug-likeness (QED) is 0.544. The third-order valence-corrected chi connectivity index (χ3v) is 2.42. The van der Waals surface area contributed by atoms with Crippen LogP contribution in [0, 0.1) is 0 Å². The molecular weight excluding hydrogens is 204 g/mol. The average molecular weight is 212 g/mol. The van der Waals surface area contributed by atoms with Crippen LogP contribution in [0.25, 0.3) is 0 Å². The normalized spacial score (nSPS) is 16.8. The lowest BCUT2D eigenvalue weighted by Crippen LogP contribution is -2.25. The fourth-order valence-electron chi connectivity index (χ4n) is 1.23. The van der Waals surface area contributed by atoms with Crippen molar-refractivity contribution in [2.24, 2.45) is 0 Å². The van der Waals surface area contributed by atoms with Crippen LogP contribution in [0.1, 0.15) is 6.42 Å². The number of carbonyl (C=O) groups is 2. The molecule has 1 aromatic rings. The summed E-state index contributed by atoms with van der Waals surface area (Å²) in [7, 11) is 0. The van der Waals surface area contributed by atoms with Crippen molar-refractivity contribution in [3.8, 4) is 0 Å². The van der Waals surface area contributed by atoms with E-state index in [0.717, 1.165) is 0 Å². The van der Waals surface area contributed by atoms with Crippen LogP contribution in [0.3, 0.4) is 0 Å². The molecule has 0 bridgehead atoms. The fraction of sp³-hybridized carbons (Fsp3) is 0.429. The number of hydrogen-bond donors (Lipinski definition) is 1. The predicted octanol–water partition coefficient (Wildman–Crippen LogP) is -0.168. The van der Waals surface area contributed by atoms with Gasteiger partial charge >= 0.3 is 0 Å². The second kappa shape index (κ2) is 3.41. The van der Waals surface area contributed by atoms with Crippen molar-refractivity contribution in [2.75, 3.05) is 17.7 Å². The van der Waals surface area contributed by atoms with Gasteiger partial charge in [0.15, 0.2) is 5.78 Å². The molecule has 0 aromatic carbocycles. The molecular formula is C7H8N4O2S. The Balaban J connectivity index is 2.22. The number of hydrogen-bond acceptors (Lipinski definition) is 5. The number of thioether (sulfide) groups is 1. The van der Waals surface area contributed by atoms with Crippen molar-refractivity contribution in [1.29, 1.82) is 0 Å². The maximum Gasteiger partial charge on any atom is 0.237 e. The standard InChI is InChI=1S/C7H8N4O2S/c1-14-7-8-6(9-10-7)11-3-4(12)2-5(11)13/h2-3H2,1H3,(H,8,9,10). The third-order valence-electron chi connectivity index (χ3n) is 1.88. The number of rotatable bonds is 2. The molecule has 7 heteroatoms. The van der Waals surface area contributed by atoms with E-state index in [2.05, 4.69) is 15.2 Å². The van der Waals surface area contributed by atoms with Crippen molar-refractivity contribution < 1.29 is 9.59 Å². The number of aromatic nitrogens is 3. The van der Waals surface area contributed by atoms with Crippen LogP contribution in [-0.4, -0.2) is 39.7 Å². The summed E-state index contributed by atoms with van der Waals surface area (Å²) in [5.41, 5.74) is 0. The molecule has 0 atom stereocenters. The Bertz CT molecular complexity index is 389. The van der Waals surface area contributed by atoms with E-state index in [1.807, 2.05) is 6.26 Å². The van der Waals surface area contributed by atoms with Gasteiger partial charge in [-0.25, -0.2) is 5.10 Å². The minimum absolute atomic E-state index is 0.0324. The molecule has 0 spiro atoms. The van der Waals surface area contributed by atoms with Gasteiger partial charge in [-0.3, -0.25) is 14.5 Å². The maximum absolute atomic E-state index is 11.3. The molecule has 1 N–H and O–H groups in total. The lowest BCUT2D eigenvalue weighted by Gasteiger charge is -2.08. The zero-order chi connectivity index (χ0) is 10.1. The van der Waals surface area contributed by atoms with E-state index in [0.29, 0.717) is 11.1 Å². The summed E-state index contributed by atoms with van der Waals surface area (Å²) in [5, 5.41) is 7.04. The zero-order valence-corrected chi connectivity index (χ0v) is 8.30. The van der Waals surface area contributed by atoms with E-state index < -0.39 is 0 Å². The largest absolute Gasteiger partial charge is 0.297 e. The Morgan fingerprint density at radius 1 is 1.50 bits per heavy atom. The summed E-state index contributed by atoms with van der Waals surface area (Å²) >= 11 is 1.37. The van der Waals surface area contributed by atoms with Gasteiger partial charge in [-0.1, -0.05) is 11.8 Å². The van der Waals surface area contributed by atoms with Crippen molar-refractivity contribution >= 4 is 29.4 Å². The van der Waals surface area contributed by atoms with Crippen molar-refractivity contribution in [1.82, 2.24) is 15.2 Å². The zero-order valence-electron chi connectivity index (χ0n) is 7.48. The lowest BCUT2D eigenvalue weighted by molar-refractivity contribution is -0.121. The SMILES string of the molecule is CSc1n[nH]c(N2CC(=O)CC2=O)n1. The van der Waals surface area contributed by atoms with Crippen molar-refractivity contribution in [2.45, 2.75) is 11.6 Å². The van der Waals surface area contributed by atoms with Gasteiger partial charge in [0.05, 0.1) is 13.0 Å². The first-order chi connectivity index (χ1) is 6.70. The Morgan fingerprint density at radius 3 is 2.79 bits per heavy atom. The molecule has 2 rings (SSSR count). The molecule has 1 fully saturated rings. The number of amides is 1. The molecule has 0 radical (unpaired) electrons. The number of anilines is 1. The third kappa shape index (κ3) is 1.50. The van der Waals surface area contributed by atoms with Gasteiger partial charge < -0.3 is 0 Å². The van der Waals surface area contributed by atoms with E-state index in [4.69, 9.17) is 0 Å². The van der Waals surface area contributed by atoms with E-state index in [-0.39, 0.29) is 24.7 Å². The van der Waals surface area contributed by atoms with Crippen LogP contribution < -0.4 is 4.90 Å². The summed E-state index contributed by atoms with van der Waals surface area (Å²) in [5.74, 6) is 0.0427. The Labute approximate surface area is 84.1 Å². The molecule has 2 heterocycles. The number of ketones is 1. The second-order valence-corrected chi connectivity index (χ2v) is 3.61. The summed E-state index contributed by atoms with van der Waals surface area (Å²) in [6, 6.07) is 0. The van der Waals surface area contributed by atoms with Gasteiger partial charge in [0.2, 0.25) is 17.0 Å². The van der Waals surface area contributed by atoms with Gasteiger partial charge in [-0.15, -0.1) is 5.10 Å². The number of nitrogens with one attached hydrogen (secondary N) is 1. The minimum Gasteiger partial charge on any atom is -0.297 e. The number of nitrogens with zero attached hydrogens (tertiary/aromatic N) is 3. The molecule has 1 saturated heterocycles. The van der Waals surface area contributed by atoms with Gasteiger partial charge in [-0.2, -0.15) is 4.98 Å². The Hall–Kier alpha value is -1.37. The number of Topliss-reactive ketones (excluding diaryl/α,β-unsaturated/α-hetero) is 1. The minimum atomic E-state index is -0.223. The molecule has 1 aromatic heterocycles. The van der Waals surface area contributed by atoms with Crippen molar-refractivity contribution in [3.63, 3.8) is 0 Å². The highest BCUT2D eigenvalue weighted by Crippen LogP contribution is 2.17. The summed E-state index contributed by atoms with van der Waals surface area (Å²) in [6.45, 7) is 0.0991. The number of H-pyrrole nitrogens is 1. The van der Waals surface area contributed by atoms with Crippen LogP contribution in [0.2, 0.25) is 0 Å². The van der Waals surface area contributed by atoms with Gasteiger partial charge in [-0.05, 0) is 6.26 Å². The smallest absolute Gasteiger partial charge is 0.237 e. The Kier molecular flexibility index (Phi) is 2.24. The van der Waals surface area contributed by atoms with E-state index in [9.17, 15) is 9.59 Å². The molecule has 6 nitrogen and oxygen atoms in total. The lowest BCUT2D eigenvalue weighted by atomic mass is 10.3. The molecule has 74 valence electrons. The molecule has 0 unspecified atom stereocenters. The highest BCUT2D eigenvalue weighted by Gasteiger charge is 2.30. The predicted molar refractivity (Wildman–Crippen MR) is 50.1 cm³/mol. The summed E-state index contributed by atoms with van der Waals surface area (Å²) in [6.07, 6.45) is 1.80. The molecule has 1 aliphatic rings. The highest BCUT2D eigenvalue weighted by molar-refractivity contribution is 7.98. The van der Waals surface area contributed by atoms with Crippen LogP contribution in [0.5, 0.6) is 0 Å². The van der Waals surface area contributed by atoms with Crippen molar-refractivity contribution in [3.05, 3.63) is 0 Å². The first-order valence-corrected chi connectivity index (χ1v) is 5.21. The molecule has 14 heavy (non-hydrogen) atoms. The van der Waals surface area contributed by atoms with Gasteiger partial charge in [0, 0.05) is 0 Å². The van der Waals surface area contributed by atoms with E-state index in [1.54, 1.807) is 0 Å². The van der Waals surface area contributed by atoms with E-state index >= 15 is 0 Å². The topological polar surface area (TPSA) is 79.0 Å². The average Bonchev–Trinajstić information content (AvgIpc) is 2.71. The summed E-state index contributed by atoms with van der Waals surface area (Å²) in [4.78, 5) is 27.6.